The lowest BCUT2D eigenvalue weighted by Crippen LogP contribution is -2.52. The number of ether oxygens (including phenoxy) is 3. The van der Waals surface area contributed by atoms with E-state index in [1.165, 1.54) is 0 Å². The van der Waals surface area contributed by atoms with E-state index in [9.17, 15) is 4.39 Å². The zero-order valence-electron chi connectivity index (χ0n) is 15.9. The van der Waals surface area contributed by atoms with Gasteiger partial charge in [0.2, 0.25) is 0 Å². The normalized spacial score (nSPS) is 30.0. The predicted octanol–water partition coefficient (Wildman–Crippen LogP) is 3.47. The molecule has 1 saturated heterocycles. The number of hydrogen-bond acceptors (Lipinski definition) is 6. The summed E-state index contributed by atoms with van der Waals surface area (Å²) in [5, 5.41) is 0.964. The lowest BCUT2D eigenvalue weighted by atomic mass is 9.97. The van der Waals surface area contributed by atoms with Crippen LogP contribution in [-0.4, -0.2) is 73.8 Å². The molecule has 146 valence electrons. The molecule has 2 aliphatic heterocycles. The molecular formula is C18H33FN2O3S. The van der Waals surface area contributed by atoms with Crippen LogP contribution in [0, 0.1) is 0 Å². The molecular weight excluding hydrogens is 343 g/mol. The topological polar surface area (TPSA) is 43.3 Å². The van der Waals surface area contributed by atoms with Crippen molar-refractivity contribution in [3.63, 3.8) is 0 Å². The van der Waals surface area contributed by atoms with Crippen LogP contribution in [-0.2, 0) is 14.2 Å². The fourth-order valence-corrected chi connectivity index (χ4v) is 4.14. The van der Waals surface area contributed by atoms with Crippen LogP contribution >= 0.6 is 11.8 Å². The molecule has 0 saturated carbocycles. The van der Waals surface area contributed by atoms with Crippen LogP contribution in [0.2, 0.25) is 0 Å². The van der Waals surface area contributed by atoms with Crippen LogP contribution in [0.4, 0.5) is 4.39 Å². The number of alkyl halides is 1. The van der Waals surface area contributed by atoms with Gasteiger partial charge in [-0.05, 0) is 12.8 Å². The lowest BCUT2D eigenvalue weighted by molar-refractivity contribution is -0.176. The molecule has 0 N–H and O–H groups in total. The Morgan fingerprint density at radius 2 is 2.00 bits per heavy atom. The largest absolute Gasteiger partial charge is 0.375 e. The molecule has 1 fully saturated rings. The summed E-state index contributed by atoms with van der Waals surface area (Å²) < 4.78 is 31.8. The van der Waals surface area contributed by atoms with Gasteiger partial charge >= 0.3 is 0 Å². The smallest absolute Gasteiger partial charge is 0.161 e. The quantitative estimate of drug-likeness (QED) is 0.546. The Morgan fingerprint density at radius 3 is 2.64 bits per heavy atom. The Kier molecular flexibility index (Phi) is 8.96. The molecule has 25 heavy (non-hydrogen) atoms. The Hall–Kier alpha value is -0.370. The molecule has 0 spiro atoms. The van der Waals surface area contributed by atoms with Crippen molar-refractivity contribution in [2.24, 2.45) is 4.99 Å². The maximum absolute atomic E-state index is 13.7. The van der Waals surface area contributed by atoms with E-state index in [-0.39, 0.29) is 23.7 Å². The van der Waals surface area contributed by atoms with E-state index in [1.807, 2.05) is 19.0 Å². The van der Waals surface area contributed by atoms with Crippen molar-refractivity contribution in [3.8, 4) is 0 Å². The van der Waals surface area contributed by atoms with Crippen LogP contribution < -0.4 is 0 Å². The molecule has 0 bridgehead atoms. The number of hydrogen-bond donors (Lipinski definition) is 0. The summed E-state index contributed by atoms with van der Waals surface area (Å²) in [4.78, 5) is 6.75. The minimum absolute atomic E-state index is 0.0705. The Bertz CT molecular complexity index is 425. The standard InChI is InChI=1S/C18H33FN2O3S/c1-5-7-9-22-14-11-13-17(25-18(20-13)21(3)4)24-16(14)15(12-19)23-10-8-6-2/h13-17H,5-12H2,1-4H3/t13-,14+,15?,16+,17-/m1/s1. The molecule has 2 rings (SSSR count). The van der Waals surface area contributed by atoms with Crippen LogP contribution in [0.1, 0.15) is 46.0 Å². The predicted molar refractivity (Wildman–Crippen MR) is 101 cm³/mol. The molecule has 5 nitrogen and oxygen atoms in total. The van der Waals surface area contributed by atoms with Gasteiger partial charge in [-0.2, -0.15) is 0 Å². The second kappa shape index (κ2) is 10.7. The van der Waals surface area contributed by atoms with Gasteiger partial charge in [0.15, 0.2) is 5.17 Å². The maximum Gasteiger partial charge on any atom is 0.161 e. The van der Waals surface area contributed by atoms with Gasteiger partial charge in [0.1, 0.15) is 24.3 Å². The van der Waals surface area contributed by atoms with E-state index in [4.69, 9.17) is 19.2 Å². The number of rotatable bonds is 10. The second-order valence-corrected chi connectivity index (χ2v) is 7.94. The van der Waals surface area contributed by atoms with Crippen LogP contribution in [0.25, 0.3) is 0 Å². The van der Waals surface area contributed by atoms with Gasteiger partial charge in [0.05, 0.1) is 12.1 Å². The monoisotopic (exact) mass is 376 g/mol. The number of thioether (sulfide) groups is 1. The van der Waals surface area contributed by atoms with Gasteiger partial charge in [-0.15, -0.1) is 0 Å². The van der Waals surface area contributed by atoms with Crippen molar-refractivity contribution in [2.45, 2.75) is 75.7 Å². The molecule has 1 unspecified atom stereocenters. The van der Waals surface area contributed by atoms with E-state index in [1.54, 1.807) is 11.8 Å². The van der Waals surface area contributed by atoms with Gasteiger partial charge in [0.25, 0.3) is 0 Å². The first-order valence-electron chi connectivity index (χ1n) is 9.47. The summed E-state index contributed by atoms with van der Waals surface area (Å²) >= 11 is 1.61. The van der Waals surface area contributed by atoms with E-state index >= 15 is 0 Å². The molecule has 0 aromatic carbocycles. The Labute approximate surface area is 155 Å². The highest BCUT2D eigenvalue weighted by molar-refractivity contribution is 8.14. The fourth-order valence-electron chi connectivity index (χ4n) is 3.01. The van der Waals surface area contributed by atoms with Gasteiger partial charge in [-0.3, -0.25) is 4.99 Å². The lowest BCUT2D eigenvalue weighted by Gasteiger charge is -2.40. The Balaban J connectivity index is 2.03. The first-order chi connectivity index (χ1) is 12.1. The highest BCUT2D eigenvalue weighted by atomic mass is 32.2. The molecule has 2 heterocycles. The summed E-state index contributed by atoms with van der Waals surface area (Å²) in [6.07, 6.45) is 3.68. The van der Waals surface area contributed by atoms with Crippen molar-refractivity contribution in [2.75, 3.05) is 34.0 Å². The highest BCUT2D eigenvalue weighted by Crippen LogP contribution is 2.39. The van der Waals surface area contributed by atoms with Crippen molar-refractivity contribution in [3.05, 3.63) is 0 Å². The van der Waals surface area contributed by atoms with Crippen LogP contribution in [0.3, 0.4) is 0 Å². The zero-order chi connectivity index (χ0) is 18.2. The third kappa shape index (κ3) is 5.81. The minimum Gasteiger partial charge on any atom is -0.375 e. The number of unbranched alkanes of at least 4 members (excludes halogenated alkanes) is 2. The van der Waals surface area contributed by atoms with Gasteiger partial charge in [0, 0.05) is 33.7 Å². The average molecular weight is 377 g/mol. The summed E-state index contributed by atoms with van der Waals surface area (Å²) in [6.45, 7) is 4.91. The second-order valence-electron chi connectivity index (χ2n) is 6.88. The maximum atomic E-state index is 13.7. The average Bonchev–Trinajstić information content (AvgIpc) is 3.02. The molecule has 0 amide bonds. The molecule has 0 radical (unpaired) electrons. The highest BCUT2D eigenvalue weighted by Gasteiger charge is 2.46. The number of aliphatic imine (C=N–C) groups is 1. The molecule has 2 aliphatic rings. The van der Waals surface area contributed by atoms with Gasteiger partial charge < -0.3 is 19.1 Å². The first-order valence-corrected chi connectivity index (χ1v) is 10.3. The summed E-state index contributed by atoms with van der Waals surface area (Å²) in [7, 11) is 3.96. The minimum atomic E-state index is -0.567. The van der Waals surface area contributed by atoms with Gasteiger partial charge in [-0.25, -0.2) is 4.39 Å². The van der Waals surface area contributed by atoms with Crippen molar-refractivity contribution in [1.82, 2.24) is 4.90 Å². The van der Waals surface area contributed by atoms with Crippen LogP contribution in [0.15, 0.2) is 4.99 Å². The molecule has 7 heteroatoms. The van der Waals surface area contributed by atoms with E-state index < -0.39 is 12.8 Å². The molecule has 5 atom stereocenters. The van der Waals surface area contributed by atoms with Crippen molar-refractivity contribution < 1.29 is 18.6 Å². The third-order valence-electron chi connectivity index (χ3n) is 4.50. The van der Waals surface area contributed by atoms with Gasteiger partial charge in [-0.1, -0.05) is 38.5 Å². The Morgan fingerprint density at radius 1 is 1.28 bits per heavy atom. The fraction of sp³-hybridized carbons (Fsp3) is 0.944. The summed E-state index contributed by atoms with van der Waals surface area (Å²) in [5.74, 6) is 0. The number of fused-ring (bicyclic) bond motifs is 1. The SMILES string of the molecule is CCCCOC(CF)[C@H]1O[C@@H]2SC(N(C)C)=N[C@@H]2C[C@@H]1OCCCC. The van der Waals surface area contributed by atoms with E-state index in [2.05, 4.69) is 13.8 Å². The molecule has 0 aliphatic carbocycles. The van der Waals surface area contributed by atoms with E-state index in [0.29, 0.717) is 13.2 Å². The number of halogens is 1. The van der Waals surface area contributed by atoms with Crippen LogP contribution in [0.5, 0.6) is 0 Å². The molecule has 0 aromatic rings. The van der Waals surface area contributed by atoms with Crippen molar-refractivity contribution >= 4 is 16.9 Å². The number of amidine groups is 1. The van der Waals surface area contributed by atoms with E-state index in [0.717, 1.165) is 37.3 Å². The summed E-state index contributed by atoms with van der Waals surface area (Å²) in [5.41, 5.74) is -0.0720. The number of nitrogens with zero attached hydrogens (tertiary/aromatic N) is 2. The summed E-state index contributed by atoms with van der Waals surface area (Å²) in [6, 6.07) is 0.0705. The van der Waals surface area contributed by atoms with Crippen molar-refractivity contribution in [1.29, 1.82) is 0 Å². The third-order valence-corrected chi connectivity index (χ3v) is 5.84. The first kappa shape index (κ1) is 20.9. The zero-order valence-corrected chi connectivity index (χ0v) is 16.8. The molecule has 0 aromatic heterocycles.